The summed E-state index contributed by atoms with van der Waals surface area (Å²) < 4.78 is 0. The number of rotatable bonds is 3. The van der Waals surface area contributed by atoms with E-state index in [1.165, 1.54) is 0 Å². The average Bonchev–Trinajstić information content (AvgIpc) is 2.89. The summed E-state index contributed by atoms with van der Waals surface area (Å²) in [6.07, 6.45) is 1.74. The highest BCUT2D eigenvalue weighted by atomic mass is 15.5. The Balaban J connectivity index is 1.92. The van der Waals surface area contributed by atoms with Gasteiger partial charge in [0, 0.05) is 23.0 Å². The van der Waals surface area contributed by atoms with Crippen LogP contribution < -0.4 is 11.1 Å². The van der Waals surface area contributed by atoms with Gasteiger partial charge in [-0.2, -0.15) is 5.21 Å². The lowest BCUT2D eigenvalue weighted by molar-refractivity contribution is 0.881. The maximum atomic E-state index is 5.73. The van der Waals surface area contributed by atoms with E-state index in [0.717, 1.165) is 16.6 Å². The van der Waals surface area contributed by atoms with Crippen molar-refractivity contribution in [2.45, 2.75) is 6.54 Å². The molecule has 3 aromatic rings. The van der Waals surface area contributed by atoms with Crippen molar-refractivity contribution in [1.29, 1.82) is 0 Å². The average molecular weight is 241 g/mol. The van der Waals surface area contributed by atoms with Crippen molar-refractivity contribution < 1.29 is 0 Å². The van der Waals surface area contributed by atoms with Crippen molar-refractivity contribution in [2.75, 3.05) is 11.1 Å². The number of nitrogens with two attached hydrogens (primary N) is 1. The molecule has 0 amide bonds. The Morgan fingerprint density at radius 1 is 1.28 bits per heavy atom. The summed E-state index contributed by atoms with van der Waals surface area (Å²) in [4.78, 5) is 4.28. The highest BCUT2D eigenvalue weighted by molar-refractivity contribution is 5.92. The number of aromatic nitrogens is 5. The summed E-state index contributed by atoms with van der Waals surface area (Å²) in [7, 11) is 0. The van der Waals surface area contributed by atoms with Gasteiger partial charge in [0.25, 0.3) is 0 Å². The van der Waals surface area contributed by atoms with Crippen LogP contribution in [0.1, 0.15) is 5.82 Å². The Kier molecular flexibility index (Phi) is 2.49. The Hall–Kier alpha value is -2.70. The monoisotopic (exact) mass is 241 g/mol. The Bertz CT molecular complexity index is 662. The number of aromatic amines is 1. The molecule has 1 aromatic carbocycles. The molecule has 90 valence electrons. The van der Waals surface area contributed by atoms with Gasteiger partial charge in [0.1, 0.15) is 0 Å². The summed E-state index contributed by atoms with van der Waals surface area (Å²) in [6.45, 7) is 0.500. The van der Waals surface area contributed by atoms with Crippen molar-refractivity contribution in [3.05, 3.63) is 36.3 Å². The predicted octanol–water partition coefficient (Wildman–Crippen LogP) is 0.942. The van der Waals surface area contributed by atoms with Crippen molar-refractivity contribution in [2.24, 2.45) is 0 Å². The molecular formula is C11H11N7. The largest absolute Gasteiger partial charge is 0.399 e. The second kappa shape index (κ2) is 4.28. The molecule has 0 fully saturated rings. The molecule has 2 heterocycles. The van der Waals surface area contributed by atoms with Crippen LogP contribution in [0.5, 0.6) is 0 Å². The van der Waals surface area contributed by atoms with Crippen molar-refractivity contribution in [3.8, 4) is 0 Å². The minimum Gasteiger partial charge on any atom is -0.399 e. The Morgan fingerprint density at radius 3 is 3.06 bits per heavy atom. The fraction of sp³-hybridized carbons (Fsp3) is 0.0909. The first-order chi connectivity index (χ1) is 8.83. The maximum absolute atomic E-state index is 5.73. The summed E-state index contributed by atoms with van der Waals surface area (Å²) in [6, 6.07) is 7.53. The van der Waals surface area contributed by atoms with Gasteiger partial charge in [-0.15, -0.1) is 10.2 Å². The van der Waals surface area contributed by atoms with Gasteiger partial charge in [0.2, 0.25) is 0 Å². The van der Waals surface area contributed by atoms with E-state index in [0.29, 0.717) is 18.1 Å². The lowest BCUT2D eigenvalue weighted by Gasteiger charge is -2.07. The van der Waals surface area contributed by atoms with Crippen molar-refractivity contribution >= 4 is 22.3 Å². The maximum Gasteiger partial charge on any atom is 0.193 e. The van der Waals surface area contributed by atoms with Gasteiger partial charge in [0.05, 0.1) is 12.1 Å². The first-order valence-corrected chi connectivity index (χ1v) is 5.43. The van der Waals surface area contributed by atoms with Gasteiger partial charge >= 0.3 is 0 Å². The molecule has 0 saturated carbocycles. The van der Waals surface area contributed by atoms with Gasteiger partial charge in [-0.3, -0.25) is 4.98 Å². The molecule has 0 unspecified atom stereocenters. The second-order valence-corrected chi connectivity index (χ2v) is 3.82. The molecule has 7 heteroatoms. The summed E-state index contributed by atoms with van der Waals surface area (Å²) in [5.74, 6) is 0.607. The number of hydrogen-bond donors (Lipinski definition) is 3. The number of H-pyrrole nitrogens is 1. The number of fused-ring (bicyclic) bond motifs is 1. The molecule has 0 aliphatic carbocycles. The Morgan fingerprint density at radius 2 is 2.22 bits per heavy atom. The molecular weight excluding hydrogens is 230 g/mol. The number of pyridine rings is 1. The van der Waals surface area contributed by atoms with Crippen LogP contribution in [0.4, 0.5) is 11.4 Å². The van der Waals surface area contributed by atoms with E-state index in [2.05, 4.69) is 30.9 Å². The van der Waals surface area contributed by atoms with Gasteiger partial charge in [-0.05, 0) is 24.3 Å². The van der Waals surface area contributed by atoms with Crippen LogP contribution in [0.2, 0.25) is 0 Å². The molecule has 4 N–H and O–H groups in total. The predicted molar refractivity (Wildman–Crippen MR) is 67.7 cm³/mol. The number of nitrogen functional groups attached to an aromatic ring is 1. The Labute approximate surface area is 102 Å². The van der Waals surface area contributed by atoms with Gasteiger partial charge in [-0.25, -0.2) is 0 Å². The molecule has 0 spiro atoms. The SMILES string of the molecule is Nc1ccc2c(NCc3nn[nH]n3)ccnc2c1. The minimum atomic E-state index is 0.500. The first-order valence-electron chi connectivity index (χ1n) is 5.43. The summed E-state index contributed by atoms with van der Waals surface area (Å²) >= 11 is 0. The van der Waals surface area contributed by atoms with Crippen molar-refractivity contribution in [1.82, 2.24) is 25.6 Å². The van der Waals surface area contributed by atoms with E-state index in [-0.39, 0.29) is 0 Å². The first kappa shape index (κ1) is 10.5. The van der Waals surface area contributed by atoms with Crippen LogP contribution in [0.15, 0.2) is 30.5 Å². The molecule has 3 rings (SSSR count). The zero-order valence-corrected chi connectivity index (χ0v) is 9.46. The fourth-order valence-electron chi connectivity index (χ4n) is 1.75. The van der Waals surface area contributed by atoms with E-state index in [9.17, 15) is 0 Å². The standard InChI is InChI=1S/C11H11N7/c12-7-1-2-8-9(3-4-13-10(8)5-7)14-6-11-15-17-18-16-11/h1-5H,6,12H2,(H,13,14)(H,15,16,17,18). The molecule has 2 aromatic heterocycles. The molecule has 0 saturated heterocycles. The van der Waals surface area contributed by atoms with Crippen LogP contribution in [0, 0.1) is 0 Å². The van der Waals surface area contributed by atoms with Gasteiger partial charge in [0.15, 0.2) is 5.82 Å². The molecule has 0 atom stereocenters. The number of hydrogen-bond acceptors (Lipinski definition) is 6. The van der Waals surface area contributed by atoms with Crippen LogP contribution in [-0.2, 0) is 6.54 Å². The zero-order valence-electron chi connectivity index (χ0n) is 9.46. The van der Waals surface area contributed by atoms with Crippen LogP contribution in [0.3, 0.4) is 0 Å². The minimum absolute atomic E-state index is 0.500. The smallest absolute Gasteiger partial charge is 0.193 e. The number of benzene rings is 1. The molecule has 0 aliphatic heterocycles. The van der Waals surface area contributed by atoms with E-state index in [4.69, 9.17) is 5.73 Å². The zero-order chi connectivity index (χ0) is 12.4. The highest BCUT2D eigenvalue weighted by Gasteiger charge is 2.03. The molecule has 0 aliphatic rings. The van der Waals surface area contributed by atoms with Gasteiger partial charge < -0.3 is 11.1 Å². The second-order valence-electron chi connectivity index (χ2n) is 3.82. The number of nitrogens with one attached hydrogen (secondary N) is 2. The quantitative estimate of drug-likeness (QED) is 0.589. The lowest BCUT2D eigenvalue weighted by atomic mass is 10.1. The third-order valence-electron chi connectivity index (χ3n) is 2.59. The number of anilines is 2. The van der Waals surface area contributed by atoms with E-state index >= 15 is 0 Å². The van der Waals surface area contributed by atoms with Crippen LogP contribution in [0.25, 0.3) is 10.9 Å². The lowest BCUT2D eigenvalue weighted by Crippen LogP contribution is -2.02. The number of tetrazole rings is 1. The number of nitrogens with zero attached hydrogens (tertiary/aromatic N) is 4. The van der Waals surface area contributed by atoms with E-state index in [1.807, 2.05) is 24.3 Å². The highest BCUT2D eigenvalue weighted by Crippen LogP contribution is 2.23. The van der Waals surface area contributed by atoms with Crippen LogP contribution >= 0.6 is 0 Å². The molecule has 7 nitrogen and oxygen atoms in total. The topological polar surface area (TPSA) is 105 Å². The van der Waals surface area contributed by atoms with Crippen molar-refractivity contribution in [3.63, 3.8) is 0 Å². The third-order valence-corrected chi connectivity index (χ3v) is 2.59. The summed E-state index contributed by atoms with van der Waals surface area (Å²) in [5.41, 5.74) is 8.25. The summed E-state index contributed by atoms with van der Waals surface area (Å²) in [5, 5.41) is 17.9. The van der Waals surface area contributed by atoms with Gasteiger partial charge in [-0.1, -0.05) is 5.21 Å². The van der Waals surface area contributed by atoms with Crippen LogP contribution in [-0.4, -0.2) is 25.6 Å². The van der Waals surface area contributed by atoms with E-state index in [1.54, 1.807) is 6.20 Å². The normalized spacial score (nSPS) is 10.7. The molecule has 0 radical (unpaired) electrons. The van der Waals surface area contributed by atoms with E-state index < -0.39 is 0 Å². The molecule has 18 heavy (non-hydrogen) atoms. The fourth-order valence-corrected chi connectivity index (χ4v) is 1.75. The third kappa shape index (κ3) is 1.93. The molecule has 0 bridgehead atoms.